The molecule has 112 valence electrons. The molecule has 0 saturated carbocycles. The first-order chi connectivity index (χ1) is 9.61. The van der Waals surface area contributed by atoms with Crippen LogP contribution in [0.3, 0.4) is 0 Å². The zero-order valence-electron chi connectivity index (χ0n) is 13.0. The number of nitrogens with zero attached hydrogens (tertiary/aromatic N) is 3. The summed E-state index contributed by atoms with van der Waals surface area (Å²) < 4.78 is 0. The second-order valence-corrected chi connectivity index (χ2v) is 6.03. The van der Waals surface area contributed by atoms with Gasteiger partial charge in [0.15, 0.2) is 0 Å². The van der Waals surface area contributed by atoms with E-state index in [0.717, 1.165) is 25.2 Å². The lowest BCUT2D eigenvalue weighted by molar-refractivity contribution is 0.247. The Morgan fingerprint density at radius 1 is 1.55 bits per heavy atom. The smallest absolute Gasteiger partial charge is 0.131 e. The molecule has 2 rings (SSSR count). The molecule has 4 nitrogen and oxygen atoms in total. The summed E-state index contributed by atoms with van der Waals surface area (Å²) in [6, 6.07) is 4.96. The minimum absolute atomic E-state index is 0.223. The summed E-state index contributed by atoms with van der Waals surface area (Å²) in [6.45, 7) is 4.47. The SMILES string of the molecule is CCC(N)Cc1cccnc1N(C)C1CCCN(C)C1. The Hall–Kier alpha value is -1.13. The van der Waals surface area contributed by atoms with Crippen molar-refractivity contribution in [3.8, 4) is 0 Å². The van der Waals surface area contributed by atoms with Gasteiger partial charge < -0.3 is 15.5 Å². The summed E-state index contributed by atoms with van der Waals surface area (Å²) in [7, 11) is 4.37. The maximum Gasteiger partial charge on any atom is 0.131 e. The molecular weight excluding hydrogens is 248 g/mol. The average Bonchev–Trinajstić information content (AvgIpc) is 2.47. The number of pyridine rings is 1. The van der Waals surface area contributed by atoms with E-state index in [9.17, 15) is 0 Å². The van der Waals surface area contributed by atoms with Gasteiger partial charge in [-0.2, -0.15) is 0 Å². The van der Waals surface area contributed by atoms with E-state index in [4.69, 9.17) is 5.73 Å². The molecule has 1 aliphatic rings. The molecular formula is C16H28N4. The van der Waals surface area contributed by atoms with Crippen LogP contribution < -0.4 is 10.6 Å². The third kappa shape index (κ3) is 3.70. The van der Waals surface area contributed by atoms with Gasteiger partial charge in [0, 0.05) is 31.9 Å². The number of aromatic nitrogens is 1. The molecule has 0 spiro atoms. The number of nitrogens with two attached hydrogens (primary N) is 1. The van der Waals surface area contributed by atoms with Crippen molar-refractivity contribution in [2.24, 2.45) is 5.73 Å². The standard InChI is InChI=1S/C16H28N4/c1-4-14(17)11-13-7-5-9-18-16(13)20(3)15-8-6-10-19(2)12-15/h5,7,9,14-15H,4,6,8,10-12,17H2,1-3H3. The van der Waals surface area contributed by atoms with Crippen LogP contribution in [0.25, 0.3) is 0 Å². The van der Waals surface area contributed by atoms with Crippen LogP contribution in [0.15, 0.2) is 18.3 Å². The fraction of sp³-hybridized carbons (Fsp3) is 0.688. The van der Waals surface area contributed by atoms with Gasteiger partial charge in [0.05, 0.1) is 0 Å². The van der Waals surface area contributed by atoms with Gasteiger partial charge in [0.1, 0.15) is 5.82 Å². The van der Waals surface area contributed by atoms with Crippen LogP contribution in [0.1, 0.15) is 31.7 Å². The molecule has 2 atom stereocenters. The lowest BCUT2D eigenvalue weighted by atomic mass is 10.0. The van der Waals surface area contributed by atoms with E-state index >= 15 is 0 Å². The van der Waals surface area contributed by atoms with Crippen molar-refractivity contribution in [3.63, 3.8) is 0 Å². The summed E-state index contributed by atoms with van der Waals surface area (Å²) in [5.41, 5.74) is 7.40. The normalized spacial score (nSPS) is 21.7. The number of likely N-dealkylation sites (N-methyl/N-ethyl adjacent to an activating group) is 2. The van der Waals surface area contributed by atoms with Gasteiger partial charge in [-0.25, -0.2) is 4.98 Å². The van der Waals surface area contributed by atoms with E-state index < -0.39 is 0 Å². The van der Waals surface area contributed by atoms with Crippen LogP contribution in [0.2, 0.25) is 0 Å². The largest absolute Gasteiger partial charge is 0.355 e. The molecule has 2 heterocycles. The molecule has 0 bridgehead atoms. The Bertz CT molecular complexity index is 421. The molecule has 1 fully saturated rings. The van der Waals surface area contributed by atoms with Crippen molar-refractivity contribution < 1.29 is 0 Å². The van der Waals surface area contributed by atoms with Crippen LogP contribution >= 0.6 is 0 Å². The number of likely N-dealkylation sites (tertiary alicyclic amines) is 1. The van der Waals surface area contributed by atoms with Crippen molar-refractivity contribution in [1.82, 2.24) is 9.88 Å². The van der Waals surface area contributed by atoms with Crippen molar-refractivity contribution >= 4 is 5.82 Å². The van der Waals surface area contributed by atoms with Crippen LogP contribution in [-0.2, 0) is 6.42 Å². The summed E-state index contributed by atoms with van der Waals surface area (Å²) >= 11 is 0. The third-order valence-corrected chi connectivity index (χ3v) is 4.36. The zero-order valence-corrected chi connectivity index (χ0v) is 13.0. The Kier molecular flexibility index (Phi) is 5.38. The van der Waals surface area contributed by atoms with Crippen molar-refractivity contribution in [3.05, 3.63) is 23.9 Å². The zero-order chi connectivity index (χ0) is 14.5. The van der Waals surface area contributed by atoms with Crippen LogP contribution in [-0.4, -0.2) is 49.2 Å². The van der Waals surface area contributed by atoms with E-state index in [-0.39, 0.29) is 6.04 Å². The van der Waals surface area contributed by atoms with Crippen molar-refractivity contribution in [2.75, 3.05) is 32.1 Å². The van der Waals surface area contributed by atoms with Crippen LogP contribution in [0.4, 0.5) is 5.82 Å². The first-order valence-electron chi connectivity index (χ1n) is 7.72. The van der Waals surface area contributed by atoms with Gasteiger partial charge >= 0.3 is 0 Å². The average molecular weight is 276 g/mol. The summed E-state index contributed by atoms with van der Waals surface area (Å²) in [5, 5.41) is 0. The Morgan fingerprint density at radius 3 is 3.05 bits per heavy atom. The molecule has 2 unspecified atom stereocenters. The van der Waals surface area contributed by atoms with E-state index in [0.29, 0.717) is 6.04 Å². The Labute approximate surface area is 123 Å². The monoisotopic (exact) mass is 276 g/mol. The molecule has 1 aromatic rings. The molecule has 2 N–H and O–H groups in total. The van der Waals surface area contributed by atoms with Gasteiger partial charge in [0.2, 0.25) is 0 Å². The molecule has 0 aromatic carbocycles. The summed E-state index contributed by atoms with van der Waals surface area (Å²) in [5.74, 6) is 1.11. The molecule has 20 heavy (non-hydrogen) atoms. The minimum atomic E-state index is 0.223. The van der Waals surface area contributed by atoms with E-state index in [2.05, 4.69) is 41.9 Å². The highest BCUT2D eigenvalue weighted by molar-refractivity contribution is 5.47. The lowest BCUT2D eigenvalue weighted by Crippen LogP contribution is -2.45. The topological polar surface area (TPSA) is 45.4 Å². The molecule has 4 heteroatoms. The van der Waals surface area contributed by atoms with E-state index in [1.165, 1.54) is 24.9 Å². The summed E-state index contributed by atoms with van der Waals surface area (Å²) in [6.07, 6.45) is 6.31. The van der Waals surface area contributed by atoms with Gasteiger partial charge in [-0.1, -0.05) is 13.0 Å². The van der Waals surface area contributed by atoms with Crippen molar-refractivity contribution in [2.45, 2.75) is 44.7 Å². The highest BCUT2D eigenvalue weighted by Crippen LogP contribution is 2.23. The number of hydrogen-bond acceptors (Lipinski definition) is 4. The molecule has 0 radical (unpaired) electrons. The fourth-order valence-electron chi connectivity index (χ4n) is 2.96. The maximum atomic E-state index is 6.12. The first kappa shape index (κ1) is 15.3. The van der Waals surface area contributed by atoms with Gasteiger partial charge in [0.25, 0.3) is 0 Å². The quantitative estimate of drug-likeness (QED) is 0.892. The molecule has 1 saturated heterocycles. The first-order valence-corrected chi connectivity index (χ1v) is 7.72. The summed E-state index contributed by atoms with van der Waals surface area (Å²) in [4.78, 5) is 9.38. The predicted octanol–water partition coefficient (Wildman–Crippen LogP) is 1.89. The van der Waals surface area contributed by atoms with Crippen LogP contribution in [0.5, 0.6) is 0 Å². The highest BCUT2D eigenvalue weighted by Gasteiger charge is 2.23. The molecule has 0 amide bonds. The Balaban J connectivity index is 2.14. The van der Waals surface area contributed by atoms with E-state index in [1.54, 1.807) is 0 Å². The molecule has 1 aromatic heterocycles. The third-order valence-electron chi connectivity index (χ3n) is 4.36. The van der Waals surface area contributed by atoms with Crippen LogP contribution in [0, 0.1) is 0 Å². The van der Waals surface area contributed by atoms with Crippen molar-refractivity contribution in [1.29, 1.82) is 0 Å². The Morgan fingerprint density at radius 2 is 2.35 bits per heavy atom. The fourth-order valence-corrected chi connectivity index (χ4v) is 2.96. The molecule has 1 aliphatic heterocycles. The predicted molar refractivity (Wildman–Crippen MR) is 85.1 cm³/mol. The molecule has 0 aliphatic carbocycles. The minimum Gasteiger partial charge on any atom is -0.355 e. The maximum absolute atomic E-state index is 6.12. The second-order valence-electron chi connectivity index (χ2n) is 6.03. The number of rotatable bonds is 5. The number of hydrogen-bond donors (Lipinski definition) is 1. The van der Waals surface area contributed by atoms with Gasteiger partial charge in [-0.3, -0.25) is 0 Å². The number of anilines is 1. The number of piperidine rings is 1. The van der Waals surface area contributed by atoms with E-state index in [1.807, 2.05) is 12.3 Å². The second kappa shape index (κ2) is 7.04. The van der Waals surface area contributed by atoms with Gasteiger partial charge in [-0.15, -0.1) is 0 Å². The van der Waals surface area contributed by atoms with Gasteiger partial charge in [-0.05, 0) is 50.9 Å². The highest BCUT2D eigenvalue weighted by atomic mass is 15.2. The lowest BCUT2D eigenvalue weighted by Gasteiger charge is -2.37.